The third-order valence-corrected chi connectivity index (χ3v) is 3.01. The van der Waals surface area contributed by atoms with Crippen molar-refractivity contribution < 1.29 is 19.4 Å². The maximum atomic E-state index is 11.0. The Bertz CT molecular complexity index is 683. The molecule has 0 radical (unpaired) electrons. The summed E-state index contributed by atoms with van der Waals surface area (Å²) in [6, 6.07) is 11.4. The summed E-state index contributed by atoms with van der Waals surface area (Å²) >= 11 is 5.84. The molecule has 0 heterocycles. The van der Waals surface area contributed by atoms with E-state index < -0.39 is 11.9 Å². The lowest BCUT2D eigenvalue weighted by molar-refractivity contribution is -0.119. The average molecular weight is 306 g/mol. The topological polar surface area (TPSA) is 89.6 Å². The first-order valence-electron chi connectivity index (χ1n) is 6.02. The number of halogens is 1. The first-order chi connectivity index (χ1) is 9.97. The molecule has 108 valence electrons. The standard InChI is InChI=1S/C15H12ClNO4/c16-11-4-1-9(2-5-11)12-6-3-10(15(19)20)7-13(12)21-8-14(17)18/h1-7H,8H2,(H2,17,18)(H,19,20). The Morgan fingerprint density at radius 2 is 1.81 bits per heavy atom. The van der Waals surface area contributed by atoms with Gasteiger partial charge in [0, 0.05) is 10.6 Å². The molecule has 0 atom stereocenters. The SMILES string of the molecule is NC(=O)COc1cc(C(=O)O)ccc1-c1ccc(Cl)cc1. The minimum Gasteiger partial charge on any atom is -0.483 e. The molecular formula is C15H12ClNO4. The van der Waals surface area contributed by atoms with Crippen LogP contribution in [0.4, 0.5) is 0 Å². The molecule has 0 spiro atoms. The smallest absolute Gasteiger partial charge is 0.335 e. The van der Waals surface area contributed by atoms with Crippen molar-refractivity contribution in [2.45, 2.75) is 0 Å². The molecule has 3 N–H and O–H groups in total. The Labute approximate surface area is 125 Å². The number of benzene rings is 2. The molecule has 1 amide bonds. The second-order valence-corrected chi connectivity index (χ2v) is 4.71. The predicted molar refractivity (Wildman–Crippen MR) is 78.5 cm³/mol. The molecule has 21 heavy (non-hydrogen) atoms. The van der Waals surface area contributed by atoms with E-state index in [1.807, 2.05) is 0 Å². The van der Waals surface area contributed by atoms with Gasteiger partial charge in [-0.05, 0) is 35.9 Å². The van der Waals surface area contributed by atoms with E-state index in [0.29, 0.717) is 10.6 Å². The minimum absolute atomic E-state index is 0.0622. The van der Waals surface area contributed by atoms with Crippen molar-refractivity contribution in [2.75, 3.05) is 6.61 Å². The van der Waals surface area contributed by atoms with Crippen molar-refractivity contribution in [1.82, 2.24) is 0 Å². The van der Waals surface area contributed by atoms with Crippen molar-refractivity contribution in [3.63, 3.8) is 0 Å². The number of carbonyl (C=O) groups excluding carboxylic acids is 1. The molecule has 0 fully saturated rings. The monoisotopic (exact) mass is 305 g/mol. The van der Waals surface area contributed by atoms with Crippen molar-refractivity contribution >= 4 is 23.5 Å². The number of amides is 1. The zero-order valence-corrected chi connectivity index (χ0v) is 11.6. The zero-order valence-electron chi connectivity index (χ0n) is 10.9. The number of hydrogen-bond donors (Lipinski definition) is 2. The number of primary amides is 1. The van der Waals surface area contributed by atoms with Gasteiger partial charge in [0.05, 0.1) is 5.56 Å². The molecule has 2 aromatic rings. The summed E-state index contributed by atoms with van der Waals surface area (Å²) in [7, 11) is 0. The molecule has 6 heteroatoms. The van der Waals surface area contributed by atoms with Crippen molar-refractivity contribution in [1.29, 1.82) is 0 Å². The van der Waals surface area contributed by atoms with Gasteiger partial charge in [-0.3, -0.25) is 4.79 Å². The van der Waals surface area contributed by atoms with E-state index in [0.717, 1.165) is 5.56 Å². The third-order valence-electron chi connectivity index (χ3n) is 2.75. The summed E-state index contributed by atoms with van der Waals surface area (Å²) in [5.74, 6) is -1.45. The van der Waals surface area contributed by atoms with Crippen LogP contribution in [-0.4, -0.2) is 23.6 Å². The highest BCUT2D eigenvalue weighted by Gasteiger charge is 2.12. The molecule has 0 saturated carbocycles. The summed E-state index contributed by atoms with van der Waals surface area (Å²) in [5.41, 5.74) is 6.55. The maximum absolute atomic E-state index is 11.0. The van der Waals surface area contributed by atoms with Crippen LogP contribution in [0.25, 0.3) is 11.1 Å². The van der Waals surface area contributed by atoms with Crippen LogP contribution < -0.4 is 10.5 Å². The van der Waals surface area contributed by atoms with Gasteiger partial charge < -0.3 is 15.6 Å². The Morgan fingerprint density at radius 1 is 1.14 bits per heavy atom. The molecule has 0 unspecified atom stereocenters. The first-order valence-corrected chi connectivity index (χ1v) is 6.39. The normalized spacial score (nSPS) is 10.1. The molecular weight excluding hydrogens is 294 g/mol. The van der Waals surface area contributed by atoms with E-state index in [2.05, 4.69) is 0 Å². The van der Waals surface area contributed by atoms with Crippen LogP contribution in [-0.2, 0) is 4.79 Å². The average Bonchev–Trinajstić information content (AvgIpc) is 2.45. The van der Waals surface area contributed by atoms with Crippen LogP contribution in [0.3, 0.4) is 0 Å². The Hall–Kier alpha value is -2.53. The minimum atomic E-state index is -1.08. The van der Waals surface area contributed by atoms with Crippen LogP contribution in [0.5, 0.6) is 5.75 Å². The van der Waals surface area contributed by atoms with Gasteiger partial charge in [-0.15, -0.1) is 0 Å². The summed E-state index contributed by atoms with van der Waals surface area (Å²) in [6.45, 7) is -0.330. The molecule has 0 aromatic heterocycles. The van der Waals surface area contributed by atoms with E-state index in [-0.39, 0.29) is 17.9 Å². The summed E-state index contributed by atoms with van der Waals surface area (Å²) in [5, 5.41) is 9.60. The number of hydrogen-bond acceptors (Lipinski definition) is 3. The molecule has 0 aliphatic rings. The first kappa shape index (κ1) is 14.9. The van der Waals surface area contributed by atoms with Crippen LogP contribution in [0.15, 0.2) is 42.5 Å². The summed E-state index contributed by atoms with van der Waals surface area (Å²) < 4.78 is 5.30. The van der Waals surface area contributed by atoms with E-state index in [9.17, 15) is 9.59 Å². The molecule has 2 rings (SSSR count). The largest absolute Gasteiger partial charge is 0.483 e. The molecule has 0 aliphatic heterocycles. The van der Waals surface area contributed by atoms with Gasteiger partial charge >= 0.3 is 5.97 Å². The van der Waals surface area contributed by atoms with Gasteiger partial charge in [0.15, 0.2) is 6.61 Å². The van der Waals surface area contributed by atoms with Gasteiger partial charge in [-0.25, -0.2) is 4.79 Å². The van der Waals surface area contributed by atoms with E-state index >= 15 is 0 Å². The Kier molecular flexibility index (Phi) is 4.45. The fraction of sp³-hybridized carbons (Fsp3) is 0.0667. The van der Waals surface area contributed by atoms with E-state index in [1.165, 1.54) is 12.1 Å². The summed E-state index contributed by atoms with van der Waals surface area (Å²) in [4.78, 5) is 21.9. The number of carboxylic acid groups (broad SMARTS) is 1. The third kappa shape index (κ3) is 3.73. The Morgan fingerprint density at radius 3 is 2.38 bits per heavy atom. The Balaban J connectivity index is 2.45. The lowest BCUT2D eigenvalue weighted by Gasteiger charge is -2.11. The van der Waals surface area contributed by atoms with Crippen LogP contribution in [0.1, 0.15) is 10.4 Å². The zero-order chi connectivity index (χ0) is 15.4. The number of ether oxygens (including phenoxy) is 1. The number of nitrogens with two attached hydrogens (primary N) is 1. The van der Waals surface area contributed by atoms with Gasteiger partial charge in [-0.1, -0.05) is 23.7 Å². The number of carboxylic acids is 1. The van der Waals surface area contributed by atoms with E-state index in [4.69, 9.17) is 27.2 Å². The highest BCUT2D eigenvalue weighted by Crippen LogP contribution is 2.31. The predicted octanol–water partition coefficient (Wildman–Crippen LogP) is 2.57. The quantitative estimate of drug-likeness (QED) is 0.888. The molecule has 5 nitrogen and oxygen atoms in total. The van der Waals surface area contributed by atoms with E-state index in [1.54, 1.807) is 30.3 Å². The fourth-order valence-corrected chi connectivity index (χ4v) is 1.92. The van der Waals surface area contributed by atoms with Gasteiger partial charge in [0.1, 0.15) is 5.75 Å². The van der Waals surface area contributed by atoms with Crippen LogP contribution >= 0.6 is 11.6 Å². The van der Waals surface area contributed by atoms with Gasteiger partial charge in [-0.2, -0.15) is 0 Å². The van der Waals surface area contributed by atoms with Crippen LogP contribution in [0.2, 0.25) is 5.02 Å². The van der Waals surface area contributed by atoms with Crippen molar-refractivity contribution in [2.24, 2.45) is 5.73 Å². The molecule has 0 saturated heterocycles. The molecule has 0 bridgehead atoms. The second-order valence-electron chi connectivity index (χ2n) is 4.28. The molecule has 0 aliphatic carbocycles. The lowest BCUT2D eigenvalue weighted by Crippen LogP contribution is -2.20. The number of carbonyl (C=O) groups is 2. The number of aromatic carboxylic acids is 1. The second kappa shape index (κ2) is 6.28. The maximum Gasteiger partial charge on any atom is 0.335 e. The fourth-order valence-electron chi connectivity index (χ4n) is 1.79. The van der Waals surface area contributed by atoms with Crippen LogP contribution in [0, 0.1) is 0 Å². The van der Waals surface area contributed by atoms with Gasteiger partial charge in [0.25, 0.3) is 5.91 Å². The number of rotatable bonds is 5. The highest BCUT2D eigenvalue weighted by atomic mass is 35.5. The summed E-state index contributed by atoms with van der Waals surface area (Å²) in [6.07, 6.45) is 0. The van der Waals surface area contributed by atoms with Crippen molar-refractivity contribution in [3.05, 3.63) is 53.1 Å². The van der Waals surface area contributed by atoms with Gasteiger partial charge in [0.2, 0.25) is 0 Å². The lowest BCUT2D eigenvalue weighted by atomic mass is 10.0. The van der Waals surface area contributed by atoms with Crippen molar-refractivity contribution in [3.8, 4) is 16.9 Å². The highest BCUT2D eigenvalue weighted by molar-refractivity contribution is 6.30. The molecule has 2 aromatic carbocycles.